The molecule has 1 spiro atoms. The van der Waals surface area contributed by atoms with E-state index in [2.05, 4.69) is 5.32 Å². The summed E-state index contributed by atoms with van der Waals surface area (Å²) in [5.74, 6) is -0.163. The van der Waals surface area contributed by atoms with Crippen LogP contribution < -0.4 is 5.32 Å². The van der Waals surface area contributed by atoms with E-state index >= 15 is 0 Å². The highest BCUT2D eigenvalue weighted by Gasteiger charge is 2.59. The Bertz CT molecular complexity index is 567. The van der Waals surface area contributed by atoms with Gasteiger partial charge in [0.05, 0.1) is 6.10 Å². The van der Waals surface area contributed by atoms with Gasteiger partial charge in [-0.25, -0.2) is 4.39 Å². The van der Waals surface area contributed by atoms with Crippen molar-refractivity contribution in [2.75, 3.05) is 13.2 Å². The third-order valence-corrected chi connectivity index (χ3v) is 4.77. The molecule has 4 rings (SSSR count). The maximum absolute atomic E-state index is 14.1. The highest BCUT2D eigenvalue weighted by molar-refractivity contribution is 5.92. The van der Waals surface area contributed by atoms with Crippen LogP contribution >= 0.6 is 0 Å². The SMILES string of the molecule is O=C1N(CC2CCCO2)C(c2ccccc2F)NC12CC2. The number of carbonyl (C=O) groups excluding carboxylic acids is 1. The number of carbonyl (C=O) groups is 1. The Kier molecular flexibility index (Phi) is 3.01. The average molecular weight is 290 g/mol. The van der Waals surface area contributed by atoms with E-state index in [1.165, 1.54) is 6.07 Å². The number of halogens is 1. The molecule has 1 amide bonds. The lowest BCUT2D eigenvalue weighted by atomic mass is 10.1. The van der Waals surface area contributed by atoms with Crippen LogP contribution in [0.4, 0.5) is 4.39 Å². The Morgan fingerprint density at radius 1 is 1.38 bits per heavy atom. The minimum absolute atomic E-state index is 0.0823. The monoisotopic (exact) mass is 290 g/mol. The van der Waals surface area contributed by atoms with E-state index in [4.69, 9.17) is 4.74 Å². The van der Waals surface area contributed by atoms with Crippen LogP contribution in [0.5, 0.6) is 0 Å². The van der Waals surface area contributed by atoms with Gasteiger partial charge in [0.1, 0.15) is 17.5 Å². The first-order chi connectivity index (χ1) is 10.2. The van der Waals surface area contributed by atoms with Crippen molar-refractivity contribution in [3.05, 3.63) is 35.6 Å². The molecule has 0 radical (unpaired) electrons. The van der Waals surface area contributed by atoms with Crippen molar-refractivity contribution in [3.8, 4) is 0 Å². The van der Waals surface area contributed by atoms with Crippen molar-refractivity contribution in [1.82, 2.24) is 10.2 Å². The van der Waals surface area contributed by atoms with E-state index in [9.17, 15) is 9.18 Å². The van der Waals surface area contributed by atoms with Crippen molar-refractivity contribution in [3.63, 3.8) is 0 Å². The Labute approximate surface area is 123 Å². The van der Waals surface area contributed by atoms with Gasteiger partial charge < -0.3 is 9.64 Å². The summed E-state index contributed by atoms with van der Waals surface area (Å²) in [6.07, 6.45) is 3.41. The van der Waals surface area contributed by atoms with Gasteiger partial charge in [-0.3, -0.25) is 10.1 Å². The van der Waals surface area contributed by atoms with Gasteiger partial charge in [0.15, 0.2) is 0 Å². The summed E-state index contributed by atoms with van der Waals surface area (Å²) in [7, 11) is 0. The first kappa shape index (κ1) is 13.2. The number of ether oxygens (including phenoxy) is 1. The number of hydrogen-bond acceptors (Lipinski definition) is 3. The summed E-state index contributed by atoms with van der Waals surface area (Å²) in [5, 5.41) is 3.35. The van der Waals surface area contributed by atoms with Crippen molar-refractivity contribution in [2.45, 2.75) is 43.5 Å². The van der Waals surface area contributed by atoms with Gasteiger partial charge in [-0.15, -0.1) is 0 Å². The zero-order chi connectivity index (χ0) is 14.4. The van der Waals surface area contributed by atoms with Gasteiger partial charge in [-0.1, -0.05) is 18.2 Å². The summed E-state index contributed by atoms with van der Waals surface area (Å²) < 4.78 is 19.8. The van der Waals surface area contributed by atoms with Crippen molar-refractivity contribution in [1.29, 1.82) is 0 Å². The van der Waals surface area contributed by atoms with Gasteiger partial charge in [0.2, 0.25) is 5.91 Å². The summed E-state index contributed by atoms with van der Waals surface area (Å²) in [6.45, 7) is 1.31. The van der Waals surface area contributed by atoms with Gasteiger partial charge in [-0.05, 0) is 31.7 Å². The number of benzene rings is 1. The summed E-state index contributed by atoms with van der Waals surface area (Å²) in [4.78, 5) is 14.4. The zero-order valence-electron chi connectivity index (χ0n) is 11.8. The predicted octanol–water partition coefficient (Wildman–Crippen LogP) is 1.97. The van der Waals surface area contributed by atoms with Crippen LogP contribution in [-0.2, 0) is 9.53 Å². The van der Waals surface area contributed by atoms with Crippen LogP contribution in [0.25, 0.3) is 0 Å². The molecule has 2 unspecified atom stereocenters. The zero-order valence-corrected chi connectivity index (χ0v) is 11.8. The molecule has 2 atom stereocenters. The van der Waals surface area contributed by atoms with Crippen LogP contribution in [0.1, 0.15) is 37.4 Å². The Balaban J connectivity index is 1.63. The predicted molar refractivity (Wildman–Crippen MR) is 74.9 cm³/mol. The Morgan fingerprint density at radius 3 is 2.86 bits per heavy atom. The van der Waals surface area contributed by atoms with Crippen LogP contribution in [0, 0.1) is 5.82 Å². The molecular formula is C16H19FN2O2. The smallest absolute Gasteiger partial charge is 0.244 e. The van der Waals surface area contributed by atoms with Crippen LogP contribution in [-0.4, -0.2) is 35.6 Å². The highest BCUT2D eigenvalue weighted by Crippen LogP contribution is 2.46. The fraction of sp³-hybridized carbons (Fsp3) is 0.562. The normalized spacial score (nSPS) is 30.3. The molecule has 2 aliphatic heterocycles. The third-order valence-electron chi connectivity index (χ3n) is 4.77. The lowest BCUT2D eigenvalue weighted by Gasteiger charge is -2.27. The molecule has 1 N–H and O–H groups in total. The first-order valence-corrected chi connectivity index (χ1v) is 7.64. The molecule has 0 aromatic heterocycles. The second kappa shape index (κ2) is 4.78. The number of hydrogen-bond donors (Lipinski definition) is 1. The highest BCUT2D eigenvalue weighted by atomic mass is 19.1. The van der Waals surface area contributed by atoms with Crippen molar-refractivity contribution < 1.29 is 13.9 Å². The summed E-state index contributed by atoms with van der Waals surface area (Å²) in [6, 6.07) is 6.69. The maximum Gasteiger partial charge on any atom is 0.244 e. The van der Waals surface area contributed by atoms with E-state index in [1.54, 1.807) is 17.0 Å². The van der Waals surface area contributed by atoms with E-state index in [0.717, 1.165) is 32.3 Å². The summed E-state index contributed by atoms with van der Waals surface area (Å²) in [5.41, 5.74) is 0.110. The minimum Gasteiger partial charge on any atom is -0.376 e. The molecule has 5 heteroatoms. The Hall–Kier alpha value is -1.46. The van der Waals surface area contributed by atoms with Crippen LogP contribution in [0.15, 0.2) is 24.3 Å². The molecule has 2 heterocycles. The molecular weight excluding hydrogens is 271 g/mol. The molecule has 112 valence electrons. The topological polar surface area (TPSA) is 41.6 Å². The number of rotatable bonds is 3. The lowest BCUT2D eigenvalue weighted by Crippen LogP contribution is -2.37. The second-order valence-corrected chi connectivity index (χ2v) is 6.24. The average Bonchev–Trinajstić information content (AvgIpc) is 2.99. The van der Waals surface area contributed by atoms with Crippen LogP contribution in [0.2, 0.25) is 0 Å². The molecule has 1 saturated carbocycles. The van der Waals surface area contributed by atoms with Gasteiger partial charge >= 0.3 is 0 Å². The maximum atomic E-state index is 14.1. The molecule has 3 fully saturated rings. The van der Waals surface area contributed by atoms with E-state index in [1.807, 2.05) is 6.07 Å². The number of nitrogens with zero attached hydrogens (tertiary/aromatic N) is 1. The Morgan fingerprint density at radius 2 is 2.19 bits per heavy atom. The third kappa shape index (κ3) is 2.15. The molecule has 2 saturated heterocycles. The van der Waals surface area contributed by atoms with E-state index < -0.39 is 5.54 Å². The van der Waals surface area contributed by atoms with Gasteiger partial charge in [0.25, 0.3) is 0 Å². The summed E-state index contributed by atoms with van der Waals surface area (Å²) >= 11 is 0. The fourth-order valence-electron chi connectivity index (χ4n) is 3.42. The van der Waals surface area contributed by atoms with Crippen LogP contribution in [0.3, 0.4) is 0 Å². The minimum atomic E-state index is -0.439. The van der Waals surface area contributed by atoms with E-state index in [-0.39, 0.29) is 24.0 Å². The molecule has 1 aromatic carbocycles. The largest absolute Gasteiger partial charge is 0.376 e. The molecule has 4 nitrogen and oxygen atoms in total. The molecule has 1 aliphatic carbocycles. The van der Waals surface area contributed by atoms with Gasteiger partial charge in [0, 0.05) is 18.7 Å². The van der Waals surface area contributed by atoms with Crippen molar-refractivity contribution >= 4 is 5.91 Å². The molecule has 3 aliphatic rings. The second-order valence-electron chi connectivity index (χ2n) is 6.24. The lowest BCUT2D eigenvalue weighted by molar-refractivity contribution is -0.132. The molecule has 1 aromatic rings. The van der Waals surface area contributed by atoms with Crippen molar-refractivity contribution in [2.24, 2.45) is 0 Å². The molecule has 0 bridgehead atoms. The quantitative estimate of drug-likeness (QED) is 0.925. The molecule has 21 heavy (non-hydrogen) atoms. The standard InChI is InChI=1S/C16H19FN2O2/c17-13-6-2-1-5-12(13)14-18-16(7-8-16)15(20)19(14)10-11-4-3-9-21-11/h1-2,5-6,11,14,18H,3-4,7-10H2. The fourth-order valence-corrected chi connectivity index (χ4v) is 3.42. The first-order valence-electron chi connectivity index (χ1n) is 7.64. The number of amides is 1. The van der Waals surface area contributed by atoms with Gasteiger partial charge in [-0.2, -0.15) is 0 Å². The van der Waals surface area contributed by atoms with E-state index in [0.29, 0.717) is 12.1 Å². The number of nitrogens with one attached hydrogen (secondary N) is 1.